The van der Waals surface area contributed by atoms with Crippen molar-refractivity contribution in [3.8, 4) is 78.3 Å². The van der Waals surface area contributed by atoms with Gasteiger partial charge >= 0.3 is 20.1 Å². The summed E-state index contributed by atoms with van der Waals surface area (Å²) in [6.07, 6.45) is 5.51. The Morgan fingerprint density at radius 1 is 0.386 bits per heavy atom. The van der Waals surface area contributed by atoms with E-state index < -0.39 is 0 Å². The second-order valence-corrected chi connectivity index (χ2v) is 13.6. The molecule has 0 saturated heterocycles. The molecule has 0 atom stereocenters. The molecule has 57 heavy (non-hydrogen) atoms. The average molecular weight is 909 g/mol. The molecular formula is C53H38IrN3. The summed E-state index contributed by atoms with van der Waals surface area (Å²) in [6.45, 7) is 4.21. The van der Waals surface area contributed by atoms with E-state index in [-0.39, 0.29) is 20.1 Å². The number of aryl methyl sites for hydroxylation is 2. The molecule has 0 saturated carbocycles. The SMILES string of the molecule is Cc1ccc(-c2[c-]ccc(-c3ccccc3-c3cccc(-c4cccc(-c5c[c-]c(-c6ccccn6)cc5C)c4)c3)c2)nc1.[Ir+3].[c-]1ccccc1-c1ccccn1. The van der Waals surface area contributed by atoms with E-state index in [0.29, 0.717) is 0 Å². The van der Waals surface area contributed by atoms with Crippen LogP contribution in [0.2, 0.25) is 0 Å². The molecule has 0 aliphatic heterocycles. The Bertz CT molecular complexity index is 2660. The van der Waals surface area contributed by atoms with Crippen molar-refractivity contribution in [2.75, 3.05) is 0 Å². The van der Waals surface area contributed by atoms with E-state index in [2.05, 4.69) is 156 Å². The summed E-state index contributed by atoms with van der Waals surface area (Å²) in [4.78, 5) is 13.3. The van der Waals surface area contributed by atoms with Gasteiger partial charge in [0.2, 0.25) is 0 Å². The molecule has 274 valence electrons. The summed E-state index contributed by atoms with van der Waals surface area (Å²) in [6, 6.07) is 70.5. The number of hydrogen-bond donors (Lipinski definition) is 0. The van der Waals surface area contributed by atoms with Crippen molar-refractivity contribution in [3.05, 3.63) is 224 Å². The van der Waals surface area contributed by atoms with Crippen LogP contribution in [0, 0.1) is 32.0 Å². The standard InChI is InChI=1S/C42H30N2.C11H8N.Ir/c1-29-19-22-42(44-28-29)36-15-9-14-35(27-36)40-17-4-3-16-39(40)34-13-8-11-32(26-34)31-10-7-12-33(25-31)38-21-20-37(24-30(38)2)41-18-5-6-23-43-41;1-2-6-10(7-3-1)11-8-4-5-9-12-11;/h3-14,16-19,21-28H,1-2H3;1-6,8-9H;/q-2;-1;+3. The molecule has 0 aliphatic carbocycles. The normalized spacial score (nSPS) is 10.5. The first-order chi connectivity index (χ1) is 27.6. The van der Waals surface area contributed by atoms with Crippen LogP contribution in [0.5, 0.6) is 0 Å². The van der Waals surface area contributed by atoms with Crippen LogP contribution >= 0.6 is 0 Å². The first kappa shape index (κ1) is 38.7. The summed E-state index contributed by atoms with van der Waals surface area (Å²) in [7, 11) is 0. The molecule has 0 radical (unpaired) electrons. The van der Waals surface area contributed by atoms with E-state index >= 15 is 0 Å². The topological polar surface area (TPSA) is 38.7 Å². The zero-order chi connectivity index (χ0) is 38.1. The Kier molecular flexibility index (Phi) is 12.5. The first-order valence-corrected chi connectivity index (χ1v) is 18.7. The Morgan fingerprint density at radius 2 is 0.947 bits per heavy atom. The summed E-state index contributed by atoms with van der Waals surface area (Å²) < 4.78 is 0. The Hall–Kier alpha value is -6.58. The molecule has 9 aromatic rings. The van der Waals surface area contributed by atoms with E-state index in [1.807, 2.05) is 79.1 Å². The van der Waals surface area contributed by atoms with Crippen molar-refractivity contribution in [3.63, 3.8) is 0 Å². The molecule has 0 spiro atoms. The van der Waals surface area contributed by atoms with Gasteiger partial charge in [0.05, 0.1) is 0 Å². The molecule has 0 bridgehead atoms. The van der Waals surface area contributed by atoms with Crippen LogP contribution < -0.4 is 0 Å². The molecule has 0 N–H and O–H groups in total. The third-order valence-electron chi connectivity index (χ3n) is 9.66. The molecule has 6 aromatic carbocycles. The van der Waals surface area contributed by atoms with Gasteiger partial charge in [0.25, 0.3) is 0 Å². The van der Waals surface area contributed by atoms with Crippen molar-refractivity contribution < 1.29 is 20.1 Å². The van der Waals surface area contributed by atoms with Crippen LogP contribution in [0.3, 0.4) is 0 Å². The minimum absolute atomic E-state index is 0. The van der Waals surface area contributed by atoms with Crippen molar-refractivity contribution in [1.29, 1.82) is 0 Å². The smallest absolute Gasteiger partial charge is 0.305 e. The zero-order valence-corrected chi connectivity index (χ0v) is 34.0. The number of aromatic nitrogens is 3. The fourth-order valence-corrected chi connectivity index (χ4v) is 6.78. The molecular weight excluding hydrogens is 871 g/mol. The Morgan fingerprint density at radius 3 is 1.54 bits per heavy atom. The molecule has 3 aromatic heterocycles. The number of nitrogens with zero attached hydrogens (tertiary/aromatic N) is 3. The maximum absolute atomic E-state index is 4.63. The van der Waals surface area contributed by atoms with E-state index in [0.717, 1.165) is 44.9 Å². The molecule has 3 nitrogen and oxygen atoms in total. The summed E-state index contributed by atoms with van der Waals surface area (Å²) in [5, 5.41) is 0. The second kappa shape index (κ2) is 18.4. The summed E-state index contributed by atoms with van der Waals surface area (Å²) in [5.41, 5.74) is 17.6. The van der Waals surface area contributed by atoms with Crippen molar-refractivity contribution in [1.82, 2.24) is 15.0 Å². The van der Waals surface area contributed by atoms with Crippen molar-refractivity contribution in [2.24, 2.45) is 0 Å². The molecule has 4 heteroatoms. The third-order valence-corrected chi connectivity index (χ3v) is 9.66. The van der Waals surface area contributed by atoms with Gasteiger partial charge in [-0.25, -0.2) is 0 Å². The second-order valence-electron chi connectivity index (χ2n) is 13.6. The molecule has 3 heterocycles. The van der Waals surface area contributed by atoms with E-state index in [9.17, 15) is 0 Å². The fraction of sp³-hybridized carbons (Fsp3) is 0.0377. The van der Waals surface area contributed by atoms with Crippen LogP contribution in [0.25, 0.3) is 78.3 Å². The van der Waals surface area contributed by atoms with Crippen LogP contribution in [0.4, 0.5) is 0 Å². The quantitative estimate of drug-likeness (QED) is 0.150. The van der Waals surface area contributed by atoms with Gasteiger partial charge in [0.1, 0.15) is 0 Å². The van der Waals surface area contributed by atoms with Crippen LogP contribution in [-0.2, 0) is 20.1 Å². The molecule has 0 aliphatic rings. The number of hydrogen-bond acceptors (Lipinski definition) is 3. The predicted molar refractivity (Wildman–Crippen MR) is 230 cm³/mol. The van der Waals surface area contributed by atoms with E-state index in [1.54, 1.807) is 6.20 Å². The van der Waals surface area contributed by atoms with Gasteiger partial charge in [-0.1, -0.05) is 121 Å². The monoisotopic (exact) mass is 909 g/mol. The summed E-state index contributed by atoms with van der Waals surface area (Å²) >= 11 is 0. The van der Waals surface area contributed by atoms with Crippen molar-refractivity contribution >= 4 is 0 Å². The number of rotatable bonds is 7. The maximum Gasteiger partial charge on any atom is 3.00 e. The van der Waals surface area contributed by atoms with Gasteiger partial charge in [-0.2, -0.15) is 0 Å². The van der Waals surface area contributed by atoms with Crippen LogP contribution in [0.15, 0.2) is 195 Å². The number of benzene rings is 6. The van der Waals surface area contributed by atoms with E-state index in [4.69, 9.17) is 0 Å². The van der Waals surface area contributed by atoms with E-state index in [1.165, 1.54) is 44.5 Å². The minimum Gasteiger partial charge on any atom is -0.305 e. The molecule has 0 fully saturated rings. The number of pyridine rings is 3. The fourth-order valence-electron chi connectivity index (χ4n) is 6.78. The maximum atomic E-state index is 4.63. The van der Waals surface area contributed by atoms with Gasteiger partial charge in [0.15, 0.2) is 0 Å². The largest absolute Gasteiger partial charge is 3.00 e. The Labute approximate surface area is 349 Å². The van der Waals surface area contributed by atoms with Crippen LogP contribution in [-0.4, -0.2) is 15.0 Å². The first-order valence-electron chi connectivity index (χ1n) is 18.7. The molecule has 0 amide bonds. The molecule has 9 rings (SSSR count). The molecule has 0 unspecified atom stereocenters. The average Bonchev–Trinajstić information content (AvgIpc) is 3.28. The van der Waals surface area contributed by atoms with Gasteiger partial charge in [-0.05, 0) is 75.6 Å². The van der Waals surface area contributed by atoms with Gasteiger partial charge in [-0.3, -0.25) is 0 Å². The predicted octanol–water partition coefficient (Wildman–Crippen LogP) is 13.2. The summed E-state index contributed by atoms with van der Waals surface area (Å²) in [5.74, 6) is 0. The van der Waals surface area contributed by atoms with Crippen LogP contribution in [0.1, 0.15) is 11.1 Å². The minimum atomic E-state index is 0. The van der Waals surface area contributed by atoms with Gasteiger partial charge in [-0.15, -0.1) is 101 Å². The zero-order valence-electron chi connectivity index (χ0n) is 31.7. The van der Waals surface area contributed by atoms with Gasteiger partial charge < -0.3 is 15.0 Å². The Balaban J connectivity index is 0.000000326. The van der Waals surface area contributed by atoms with Gasteiger partial charge in [0, 0.05) is 18.6 Å². The van der Waals surface area contributed by atoms with Crippen molar-refractivity contribution in [2.45, 2.75) is 13.8 Å². The third kappa shape index (κ3) is 9.28.